The van der Waals surface area contributed by atoms with E-state index < -0.39 is 38.8 Å². The molecular weight excluding hydrogens is 573 g/mol. The van der Waals surface area contributed by atoms with Gasteiger partial charge in [0.25, 0.3) is 11.8 Å². The van der Waals surface area contributed by atoms with Crippen molar-refractivity contribution >= 4 is 49.8 Å². The molecule has 0 radical (unpaired) electrons. The Labute approximate surface area is 233 Å². The van der Waals surface area contributed by atoms with Gasteiger partial charge in [-0.05, 0) is 44.9 Å². The van der Waals surface area contributed by atoms with Gasteiger partial charge in [0.15, 0.2) is 9.84 Å². The number of sulfone groups is 1. The van der Waals surface area contributed by atoms with Gasteiger partial charge in [0, 0.05) is 38.4 Å². The minimum atomic E-state index is -5.10. The summed E-state index contributed by atoms with van der Waals surface area (Å²) in [5.74, 6) is -0.943. The lowest BCUT2D eigenvalue weighted by Gasteiger charge is -2.19. The average molecular weight is 603 g/mol. The van der Waals surface area contributed by atoms with E-state index in [-0.39, 0.29) is 28.4 Å². The number of amides is 2. The second-order valence-corrected chi connectivity index (χ2v) is 12.1. The Kier molecular flexibility index (Phi) is 9.56. The molecule has 218 valence electrons. The topological polar surface area (TPSA) is 142 Å². The van der Waals surface area contributed by atoms with Crippen molar-refractivity contribution in [3.63, 3.8) is 0 Å². The maximum absolute atomic E-state index is 13.1. The molecule has 2 aromatic rings. The number of amidine groups is 2. The molecule has 1 aromatic carbocycles. The standard InChI is InChI=1S/C24H29F3N6O5S2/c1-6-33(4)22(35)18-12-29-23(39-18)32-19(31-20(28-3)14-7-8-14)13(2)30-21(34)15-9-16(38-24(25,26)27)11-17(10-15)40(5,36)37/h9-14H,6-8H2,1-5H3,(H,30,34)(H,28,29,31,32)/t13-/m0/s1. The maximum Gasteiger partial charge on any atom is 0.573 e. The second kappa shape index (κ2) is 12.3. The van der Waals surface area contributed by atoms with Crippen LogP contribution in [0.25, 0.3) is 0 Å². The number of aliphatic imine (C=N–C) groups is 2. The summed E-state index contributed by atoms with van der Waals surface area (Å²) in [6.45, 7) is 3.90. The summed E-state index contributed by atoms with van der Waals surface area (Å²) in [7, 11) is -0.724. The van der Waals surface area contributed by atoms with E-state index in [1.165, 1.54) is 11.1 Å². The number of carbonyl (C=O) groups excluding carboxylic acids is 2. The first-order valence-corrected chi connectivity index (χ1v) is 14.8. The Morgan fingerprint density at radius 1 is 1.27 bits per heavy atom. The molecule has 1 fully saturated rings. The van der Waals surface area contributed by atoms with Gasteiger partial charge in [0.1, 0.15) is 22.3 Å². The quantitative estimate of drug-likeness (QED) is 0.331. The molecule has 40 heavy (non-hydrogen) atoms. The number of aromatic nitrogens is 1. The van der Waals surface area contributed by atoms with Crippen LogP contribution >= 0.6 is 11.3 Å². The van der Waals surface area contributed by atoms with Crippen LogP contribution < -0.4 is 15.4 Å². The number of nitrogens with one attached hydrogen (secondary N) is 2. The van der Waals surface area contributed by atoms with Crippen molar-refractivity contribution in [1.82, 2.24) is 20.5 Å². The molecule has 0 saturated heterocycles. The molecule has 16 heteroatoms. The summed E-state index contributed by atoms with van der Waals surface area (Å²) in [5.41, 5.74) is -0.371. The molecule has 0 bridgehead atoms. The highest BCUT2D eigenvalue weighted by molar-refractivity contribution is 7.90. The van der Waals surface area contributed by atoms with E-state index >= 15 is 0 Å². The van der Waals surface area contributed by atoms with Gasteiger partial charge in [-0.1, -0.05) is 11.3 Å². The van der Waals surface area contributed by atoms with Crippen molar-refractivity contribution in [2.45, 2.75) is 44.0 Å². The monoisotopic (exact) mass is 602 g/mol. The normalized spacial score (nSPS) is 15.4. The molecule has 2 amide bonds. The Hall–Kier alpha value is -3.53. The van der Waals surface area contributed by atoms with E-state index in [9.17, 15) is 31.2 Å². The summed E-state index contributed by atoms with van der Waals surface area (Å²) >= 11 is 1.04. The molecule has 1 atom stereocenters. The highest BCUT2D eigenvalue weighted by Gasteiger charge is 2.32. The highest BCUT2D eigenvalue weighted by Crippen LogP contribution is 2.30. The van der Waals surface area contributed by atoms with Gasteiger partial charge in [-0.15, -0.1) is 13.2 Å². The van der Waals surface area contributed by atoms with Crippen molar-refractivity contribution in [3.8, 4) is 5.75 Å². The molecule has 1 aliphatic rings. The Morgan fingerprint density at radius 2 is 1.95 bits per heavy atom. The lowest BCUT2D eigenvalue weighted by molar-refractivity contribution is -0.274. The smallest absolute Gasteiger partial charge is 0.406 e. The predicted molar refractivity (Wildman–Crippen MR) is 144 cm³/mol. The van der Waals surface area contributed by atoms with Gasteiger partial charge in [-0.3, -0.25) is 14.6 Å². The molecule has 1 aliphatic carbocycles. The third kappa shape index (κ3) is 8.48. The summed E-state index contributed by atoms with van der Waals surface area (Å²) in [5, 5.41) is 5.95. The van der Waals surface area contributed by atoms with E-state index in [1.54, 1.807) is 21.0 Å². The molecule has 0 aliphatic heterocycles. The molecule has 0 spiro atoms. The molecule has 11 nitrogen and oxygen atoms in total. The zero-order valence-corrected chi connectivity index (χ0v) is 24.0. The van der Waals surface area contributed by atoms with Gasteiger partial charge in [0.2, 0.25) is 5.13 Å². The molecule has 2 N–H and O–H groups in total. The van der Waals surface area contributed by atoms with Crippen LogP contribution in [-0.4, -0.2) is 81.1 Å². The lowest BCUT2D eigenvalue weighted by Crippen LogP contribution is -2.47. The molecule has 3 rings (SSSR count). The summed E-state index contributed by atoms with van der Waals surface area (Å²) in [6.07, 6.45) is -1.08. The van der Waals surface area contributed by atoms with Crippen LogP contribution in [0.4, 0.5) is 18.3 Å². The Bertz CT molecular complexity index is 1430. The first-order valence-electron chi connectivity index (χ1n) is 12.1. The summed E-state index contributed by atoms with van der Waals surface area (Å²) in [6, 6.07) is 1.57. The largest absolute Gasteiger partial charge is 0.573 e. The number of hydrogen-bond donors (Lipinski definition) is 2. The number of alkyl halides is 3. The van der Waals surface area contributed by atoms with Crippen molar-refractivity contribution in [2.24, 2.45) is 15.9 Å². The molecule has 1 heterocycles. The zero-order chi connectivity index (χ0) is 29.8. The first-order chi connectivity index (χ1) is 18.6. The second-order valence-electron chi connectivity index (χ2n) is 9.04. The van der Waals surface area contributed by atoms with Crippen LogP contribution in [0.2, 0.25) is 0 Å². The van der Waals surface area contributed by atoms with E-state index in [1.807, 2.05) is 6.92 Å². The number of carbonyl (C=O) groups is 2. The van der Waals surface area contributed by atoms with Crippen LogP contribution in [0.3, 0.4) is 0 Å². The number of thiazole rings is 1. The number of nitrogens with zero attached hydrogens (tertiary/aromatic N) is 4. The van der Waals surface area contributed by atoms with E-state index in [0.717, 1.165) is 42.6 Å². The van der Waals surface area contributed by atoms with Crippen molar-refractivity contribution in [1.29, 1.82) is 0 Å². The molecular formula is C24H29F3N6O5S2. The van der Waals surface area contributed by atoms with Crippen molar-refractivity contribution < 1.29 is 35.9 Å². The highest BCUT2D eigenvalue weighted by atomic mass is 32.2. The number of rotatable bonds is 9. The number of ether oxygens (including phenoxy) is 1. The van der Waals surface area contributed by atoms with Gasteiger partial charge in [-0.2, -0.15) is 0 Å². The third-order valence-electron chi connectivity index (χ3n) is 5.76. The van der Waals surface area contributed by atoms with E-state index in [2.05, 4.69) is 30.3 Å². The first kappa shape index (κ1) is 31.0. The van der Waals surface area contributed by atoms with Crippen LogP contribution in [0, 0.1) is 5.92 Å². The maximum atomic E-state index is 13.1. The Morgan fingerprint density at radius 3 is 2.50 bits per heavy atom. The van der Waals surface area contributed by atoms with Gasteiger partial charge in [0.05, 0.1) is 17.1 Å². The minimum Gasteiger partial charge on any atom is -0.406 e. The number of halogens is 3. The summed E-state index contributed by atoms with van der Waals surface area (Å²) in [4.78, 5) is 39.9. The molecule has 0 unspecified atom stereocenters. The minimum absolute atomic E-state index is 0.179. The van der Waals surface area contributed by atoms with Crippen LogP contribution in [-0.2, 0) is 9.84 Å². The van der Waals surface area contributed by atoms with Crippen LogP contribution in [0.15, 0.2) is 39.3 Å². The molecule has 1 saturated carbocycles. The van der Waals surface area contributed by atoms with Crippen LogP contribution in [0.5, 0.6) is 5.75 Å². The zero-order valence-electron chi connectivity index (χ0n) is 22.4. The van der Waals surface area contributed by atoms with Crippen molar-refractivity contribution in [3.05, 3.63) is 34.8 Å². The third-order valence-corrected chi connectivity index (χ3v) is 7.74. The fraction of sp³-hybridized carbons (Fsp3) is 0.458. The van der Waals surface area contributed by atoms with Crippen LogP contribution in [0.1, 0.15) is 46.7 Å². The van der Waals surface area contributed by atoms with E-state index in [4.69, 9.17) is 0 Å². The summed E-state index contributed by atoms with van der Waals surface area (Å²) < 4.78 is 66.5. The van der Waals surface area contributed by atoms with E-state index in [0.29, 0.717) is 23.3 Å². The lowest BCUT2D eigenvalue weighted by atomic mass is 10.1. The SMILES string of the molecule is CCN(C)C(=O)c1cnc(/N=C(/NC(=NC)C2CC2)[C@H](C)NC(=O)c2cc(OC(F)(F)F)cc(S(C)(=O)=O)c2)s1. The number of hydrogen-bond acceptors (Lipinski definition) is 9. The van der Waals surface area contributed by atoms with Gasteiger partial charge in [-0.25, -0.2) is 18.4 Å². The van der Waals surface area contributed by atoms with Gasteiger partial charge >= 0.3 is 6.36 Å². The molecule has 1 aromatic heterocycles. The Balaban J connectivity index is 1.93. The fourth-order valence-electron chi connectivity index (χ4n) is 3.37. The average Bonchev–Trinajstić information content (AvgIpc) is 3.61. The number of benzene rings is 1. The van der Waals surface area contributed by atoms with Crippen molar-refractivity contribution in [2.75, 3.05) is 26.9 Å². The fourth-order valence-corrected chi connectivity index (χ4v) is 4.84. The van der Waals surface area contributed by atoms with Gasteiger partial charge < -0.3 is 20.3 Å². The predicted octanol–water partition coefficient (Wildman–Crippen LogP) is 3.41.